The van der Waals surface area contributed by atoms with E-state index in [1.807, 2.05) is 13.8 Å². The van der Waals surface area contributed by atoms with E-state index in [0.717, 1.165) is 0 Å². The lowest BCUT2D eigenvalue weighted by Crippen LogP contribution is -2.47. The van der Waals surface area contributed by atoms with E-state index in [1.54, 1.807) is 45.2 Å². The number of alkyl halides is 2. The third kappa shape index (κ3) is 9.74. The average molecular weight is 535 g/mol. The normalized spacial score (nSPS) is 14.8. The first-order valence-corrected chi connectivity index (χ1v) is 13.9. The zero-order valence-corrected chi connectivity index (χ0v) is 22.6. The molecule has 0 fully saturated rings. The molecule has 0 aromatic heterocycles. The van der Waals surface area contributed by atoms with Crippen LogP contribution in [-0.4, -0.2) is 63.6 Å². The minimum absolute atomic E-state index is 0.00199. The molecule has 1 amide bonds. The van der Waals surface area contributed by atoms with Gasteiger partial charge in [0.25, 0.3) is 6.43 Å². The first-order chi connectivity index (χ1) is 16.7. The maximum Gasteiger partial charge on any atom is 0.315 e. The van der Waals surface area contributed by atoms with Gasteiger partial charge in [-0.15, -0.1) is 0 Å². The van der Waals surface area contributed by atoms with Gasteiger partial charge in [-0.1, -0.05) is 44.5 Å². The number of hydrazine groups is 1. The predicted octanol–water partition coefficient (Wildman–Crippen LogP) is 2.79. The number of halogens is 2. The van der Waals surface area contributed by atoms with Crippen molar-refractivity contribution in [2.24, 2.45) is 11.3 Å². The van der Waals surface area contributed by atoms with Crippen molar-refractivity contribution in [2.45, 2.75) is 65.2 Å². The Labute approximate surface area is 213 Å². The highest BCUT2D eigenvalue weighted by Crippen LogP contribution is 2.34. The number of rotatable bonds is 16. The summed E-state index contributed by atoms with van der Waals surface area (Å²) in [6, 6.07) is 6.68. The molecule has 2 atom stereocenters. The van der Waals surface area contributed by atoms with Crippen molar-refractivity contribution in [1.29, 1.82) is 0 Å². The topological polar surface area (TPSA) is 122 Å². The molecule has 1 rings (SSSR count). The molecular formula is C25H40F2N2O6S. The monoisotopic (exact) mass is 534 g/mol. The fourth-order valence-electron chi connectivity index (χ4n) is 4.26. The highest BCUT2D eigenvalue weighted by Gasteiger charge is 2.37. The number of carbonyl (C=O) groups excluding carboxylic acids is 2. The van der Waals surface area contributed by atoms with Crippen LogP contribution in [-0.2, 0) is 36.0 Å². The number of sulfone groups is 1. The Balaban J connectivity index is 3.15. The maximum atomic E-state index is 13.5. The SMILES string of the molecule is CCOC(=O)C(Cc1cccc(C(C)(CCCC(C)(C)CS(=O)(=O)CCO)C(=O)NNC)c1)C(F)F. The van der Waals surface area contributed by atoms with Crippen molar-refractivity contribution < 1.29 is 36.6 Å². The summed E-state index contributed by atoms with van der Waals surface area (Å²) in [6.45, 7) is 6.52. The Morgan fingerprint density at radius 1 is 1.17 bits per heavy atom. The van der Waals surface area contributed by atoms with Gasteiger partial charge in [0.2, 0.25) is 5.91 Å². The van der Waals surface area contributed by atoms with Gasteiger partial charge < -0.3 is 9.84 Å². The van der Waals surface area contributed by atoms with Crippen LogP contribution in [0.1, 0.15) is 58.1 Å². The van der Waals surface area contributed by atoms with Crippen molar-refractivity contribution >= 4 is 21.7 Å². The smallest absolute Gasteiger partial charge is 0.315 e. The molecule has 0 aliphatic carbocycles. The minimum Gasteiger partial charge on any atom is -0.466 e. The number of hydrogen-bond acceptors (Lipinski definition) is 7. The molecule has 0 radical (unpaired) electrons. The maximum absolute atomic E-state index is 13.5. The predicted molar refractivity (Wildman–Crippen MR) is 134 cm³/mol. The van der Waals surface area contributed by atoms with Gasteiger partial charge in [0.15, 0.2) is 9.84 Å². The molecule has 206 valence electrons. The summed E-state index contributed by atoms with van der Waals surface area (Å²) >= 11 is 0. The van der Waals surface area contributed by atoms with Crippen LogP contribution >= 0.6 is 0 Å². The van der Waals surface area contributed by atoms with E-state index in [4.69, 9.17) is 9.84 Å². The number of aliphatic hydroxyl groups is 1. The molecule has 0 saturated heterocycles. The highest BCUT2D eigenvalue weighted by molar-refractivity contribution is 7.91. The number of benzene rings is 1. The summed E-state index contributed by atoms with van der Waals surface area (Å²) in [6.07, 6.45) is -1.73. The van der Waals surface area contributed by atoms with Gasteiger partial charge in [-0.05, 0) is 49.7 Å². The molecule has 0 bridgehead atoms. The number of nitrogens with one attached hydrogen (secondary N) is 2. The van der Waals surface area contributed by atoms with Crippen LogP contribution in [0.25, 0.3) is 0 Å². The summed E-state index contributed by atoms with van der Waals surface area (Å²) < 4.78 is 56.2. The molecule has 3 N–H and O–H groups in total. The van der Waals surface area contributed by atoms with E-state index in [2.05, 4.69) is 10.9 Å². The summed E-state index contributed by atoms with van der Waals surface area (Å²) in [5.41, 5.74) is 4.66. The summed E-state index contributed by atoms with van der Waals surface area (Å²) in [4.78, 5) is 25.1. The van der Waals surface area contributed by atoms with Crippen molar-refractivity contribution in [3.63, 3.8) is 0 Å². The summed E-state index contributed by atoms with van der Waals surface area (Å²) in [7, 11) is -1.85. The van der Waals surface area contributed by atoms with Crippen molar-refractivity contribution in [2.75, 3.05) is 31.8 Å². The third-order valence-electron chi connectivity index (χ3n) is 6.20. The number of hydrogen-bond donors (Lipinski definition) is 3. The quantitative estimate of drug-likeness (QED) is 0.220. The number of aliphatic hydroxyl groups excluding tert-OH is 1. The molecule has 1 aromatic rings. The van der Waals surface area contributed by atoms with Crippen LogP contribution in [0.4, 0.5) is 8.78 Å². The van der Waals surface area contributed by atoms with Gasteiger partial charge in [-0.25, -0.2) is 22.6 Å². The molecular weight excluding hydrogens is 494 g/mol. The Kier molecular flexibility index (Phi) is 12.4. The van der Waals surface area contributed by atoms with E-state index in [1.165, 1.54) is 0 Å². The molecule has 0 aliphatic heterocycles. The number of ether oxygens (including phenoxy) is 1. The minimum atomic E-state index is -3.41. The fourth-order valence-corrected chi connectivity index (χ4v) is 6.02. The Morgan fingerprint density at radius 2 is 1.83 bits per heavy atom. The lowest BCUT2D eigenvalue weighted by molar-refractivity contribution is -0.153. The van der Waals surface area contributed by atoms with Gasteiger partial charge in [-0.3, -0.25) is 15.0 Å². The van der Waals surface area contributed by atoms with Gasteiger partial charge in [0, 0.05) is 7.05 Å². The second-order valence-corrected chi connectivity index (χ2v) is 12.2. The second-order valence-electron chi connectivity index (χ2n) is 9.97. The summed E-state index contributed by atoms with van der Waals surface area (Å²) in [5.74, 6) is -3.29. The first-order valence-electron chi connectivity index (χ1n) is 12.0. The van der Waals surface area contributed by atoms with E-state index >= 15 is 0 Å². The van der Waals surface area contributed by atoms with Gasteiger partial charge >= 0.3 is 5.97 Å². The average Bonchev–Trinajstić information content (AvgIpc) is 2.76. The molecule has 0 aliphatic rings. The molecule has 11 heteroatoms. The van der Waals surface area contributed by atoms with Gasteiger partial charge in [0.05, 0.1) is 30.1 Å². The first kappa shape index (κ1) is 31.9. The van der Waals surface area contributed by atoms with Gasteiger partial charge in [0.1, 0.15) is 5.92 Å². The van der Waals surface area contributed by atoms with Crippen LogP contribution in [0, 0.1) is 11.3 Å². The van der Waals surface area contributed by atoms with Crippen LogP contribution in [0.5, 0.6) is 0 Å². The molecule has 0 spiro atoms. The van der Waals surface area contributed by atoms with E-state index in [9.17, 15) is 26.8 Å². The summed E-state index contributed by atoms with van der Waals surface area (Å²) in [5, 5.41) is 8.99. The highest BCUT2D eigenvalue weighted by atomic mass is 32.2. The van der Waals surface area contributed by atoms with Crippen LogP contribution in [0.2, 0.25) is 0 Å². The van der Waals surface area contributed by atoms with E-state index in [0.29, 0.717) is 30.4 Å². The van der Waals surface area contributed by atoms with Crippen LogP contribution < -0.4 is 10.9 Å². The molecule has 0 saturated carbocycles. The standard InChI is InChI=1S/C25H40F2N2O6S/c1-6-35-22(31)20(21(26)27)16-18-9-7-10-19(15-18)25(4,23(32)29-28-5)12-8-11-24(2,3)17-36(33,34)14-13-30/h7,9-10,15,20-21,28,30H,6,8,11-14,16-17H2,1-5H3,(H,29,32). The molecule has 36 heavy (non-hydrogen) atoms. The van der Waals surface area contributed by atoms with Gasteiger partial charge in [-0.2, -0.15) is 0 Å². The Morgan fingerprint density at radius 3 is 2.39 bits per heavy atom. The zero-order chi connectivity index (χ0) is 27.6. The number of amides is 1. The van der Waals surface area contributed by atoms with Crippen molar-refractivity contribution in [1.82, 2.24) is 10.9 Å². The molecule has 8 nitrogen and oxygen atoms in total. The molecule has 0 heterocycles. The second kappa shape index (κ2) is 14.0. The Bertz CT molecular complexity index is 971. The fraction of sp³-hybridized carbons (Fsp3) is 0.680. The third-order valence-corrected chi connectivity index (χ3v) is 8.22. The largest absolute Gasteiger partial charge is 0.466 e. The Hall–Kier alpha value is -2.11. The lowest BCUT2D eigenvalue weighted by Gasteiger charge is -2.31. The van der Waals surface area contributed by atoms with Crippen LogP contribution in [0.3, 0.4) is 0 Å². The van der Waals surface area contributed by atoms with E-state index in [-0.39, 0.29) is 30.4 Å². The number of esters is 1. The number of carbonyl (C=O) groups is 2. The van der Waals surface area contributed by atoms with Crippen molar-refractivity contribution in [3.05, 3.63) is 35.4 Å². The van der Waals surface area contributed by atoms with Crippen molar-refractivity contribution in [3.8, 4) is 0 Å². The lowest BCUT2D eigenvalue weighted by atomic mass is 9.75. The van der Waals surface area contributed by atoms with E-state index < -0.39 is 45.6 Å². The molecule has 1 aromatic carbocycles. The van der Waals surface area contributed by atoms with Crippen LogP contribution in [0.15, 0.2) is 24.3 Å². The zero-order valence-electron chi connectivity index (χ0n) is 21.8. The molecule has 2 unspecified atom stereocenters.